The predicted molar refractivity (Wildman–Crippen MR) is 162 cm³/mol. The van der Waals surface area contributed by atoms with Gasteiger partial charge in [0.15, 0.2) is 0 Å². The molecule has 1 heterocycles. The van der Waals surface area contributed by atoms with E-state index in [1.807, 2.05) is 31.1 Å². The van der Waals surface area contributed by atoms with E-state index in [1.165, 1.54) is 24.5 Å². The molecular formula is C29H36F3N7O4S. The maximum Gasteiger partial charge on any atom is 0.421 e. The van der Waals surface area contributed by atoms with Crippen LogP contribution in [0.3, 0.4) is 0 Å². The summed E-state index contributed by atoms with van der Waals surface area (Å²) in [6.07, 6.45) is -2.17. The second-order valence-corrected chi connectivity index (χ2v) is 12.8. The number of fused-ring (bicyclic) bond motifs is 1. The molecule has 4 rings (SSSR count). The van der Waals surface area contributed by atoms with Gasteiger partial charge in [0, 0.05) is 37.9 Å². The highest BCUT2D eigenvalue weighted by Gasteiger charge is 2.40. The lowest BCUT2D eigenvalue weighted by molar-refractivity contribution is -0.137. The summed E-state index contributed by atoms with van der Waals surface area (Å²) in [7, 11) is 2.88. The topological polar surface area (TPSA) is 129 Å². The third kappa shape index (κ3) is 7.76. The monoisotopic (exact) mass is 635 g/mol. The minimum absolute atomic E-state index is 0.161. The molecule has 0 unspecified atom stereocenters. The molecule has 1 amide bonds. The van der Waals surface area contributed by atoms with Crippen LogP contribution in [-0.2, 0) is 22.6 Å². The number of rotatable bonds is 11. The fraction of sp³-hybridized carbons (Fsp3) is 0.414. The third-order valence-corrected chi connectivity index (χ3v) is 8.64. The van der Waals surface area contributed by atoms with Crippen molar-refractivity contribution in [1.82, 2.24) is 24.5 Å². The Hall–Kier alpha value is -3.95. The number of aryl methyl sites for hydroxylation is 1. The number of alkyl halides is 3. The van der Waals surface area contributed by atoms with Gasteiger partial charge in [-0.1, -0.05) is 24.3 Å². The fourth-order valence-corrected chi connectivity index (χ4v) is 5.70. The number of carbonyl (C=O) groups excluding carboxylic acids is 1. The van der Waals surface area contributed by atoms with Gasteiger partial charge in [0.2, 0.25) is 16.0 Å². The van der Waals surface area contributed by atoms with Crippen LogP contribution in [0.2, 0.25) is 0 Å². The van der Waals surface area contributed by atoms with Crippen molar-refractivity contribution in [1.29, 1.82) is 0 Å². The summed E-state index contributed by atoms with van der Waals surface area (Å²) in [4.78, 5) is 22.5. The van der Waals surface area contributed by atoms with Gasteiger partial charge in [0.25, 0.3) is 5.91 Å². The lowest BCUT2D eigenvalue weighted by Gasteiger charge is -2.39. The van der Waals surface area contributed by atoms with E-state index in [2.05, 4.69) is 25.9 Å². The van der Waals surface area contributed by atoms with E-state index in [9.17, 15) is 26.4 Å². The van der Waals surface area contributed by atoms with Crippen LogP contribution < -0.4 is 20.7 Å². The molecule has 0 fully saturated rings. The van der Waals surface area contributed by atoms with E-state index >= 15 is 0 Å². The third-order valence-electron chi connectivity index (χ3n) is 7.37. The number of ether oxygens (including phenoxy) is 1. The quantitative estimate of drug-likeness (QED) is 0.287. The van der Waals surface area contributed by atoms with E-state index in [1.54, 1.807) is 24.3 Å². The van der Waals surface area contributed by atoms with Gasteiger partial charge in [-0.3, -0.25) is 4.79 Å². The van der Waals surface area contributed by atoms with E-state index in [0.29, 0.717) is 48.9 Å². The summed E-state index contributed by atoms with van der Waals surface area (Å²) < 4.78 is 74.1. The van der Waals surface area contributed by atoms with Gasteiger partial charge in [-0.2, -0.15) is 22.5 Å². The highest BCUT2D eigenvalue weighted by Crippen LogP contribution is 2.40. The van der Waals surface area contributed by atoms with Gasteiger partial charge in [0.1, 0.15) is 17.1 Å². The Morgan fingerprint density at radius 3 is 2.52 bits per heavy atom. The number of likely N-dealkylation sites (N-methyl/N-ethyl adjacent to an activating group) is 2. The molecule has 1 aliphatic rings. The number of nitrogens with zero attached hydrogens (tertiary/aromatic N) is 4. The summed E-state index contributed by atoms with van der Waals surface area (Å²) in [5.74, 6) is -0.716. The molecule has 2 aromatic carbocycles. The second-order valence-electron chi connectivity index (χ2n) is 10.8. The Kier molecular flexibility index (Phi) is 10.0. The molecular weight excluding hydrogens is 599 g/mol. The molecule has 44 heavy (non-hydrogen) atoms. The Balaban J connectivity index is 1.65. The van der Waals surface area contributed by atoms with Crippen molar-refractivity contribution in [2.75, 3.05) is 58.2 Å². The Morgan fingerprint density at radius 2 is 1.86 bits per heavy atom. The van der Waals surface area contributed by atoms with E-state index in [0.717, 1.165) is 11.8 Å². The van der Waals surface area contributed by atoms with Crippen LogP contribution in [0.1, 0.15) is 39.5 Å². The lowest BCUT2D eigenvalue weighted by atomic mass is 9.84. The zero-order valence-corrected chi connectivity index (χ0v) is 25.9. The number of carbonyl (C=O) groups is 1. The number of anilines is 3. The fourth-order valence-electron chi connectivity index (χ4n) is 5.03. The average Bonchev–Trinajstić information content (AvgIpc) is 2.95. The van der Waals surface area contributed by atoms with Crippen LogP contribution >= 0.6 is 0 Å². The minimum atomic E-state index is -4.79. The highest BCUT2D eigenvalue weighted by molar-refractivity contribution is 7.88. The molecule has 3 N–H and O–H groups in total. The lowest BCUT2D eigenvalue weighted by Crippen LogP contribution is -2.44. The molecule has 15 heteroatoms. The van der Waals surface area contributed by atoms with Gasteiger partial charge >= 0.3 is 6.18 Å². The first kappa shape index (κ1) is 33.0. The van der Waals surface area contributed by atoms with E-state index in [4.69, 9.17) is 4.74 Å². The second kappa shape index (κ2) is 13.4. The van der Waals surface area contributed by atoms with E-state index in [-0.39, 0.29) is 17.6 Å². The van der Waals surface area contributed by atoms with Crippen molar-refractivity contribution in [3.8, 4) is 5.75 Å². The van der Waals surface area contributed by atoms with Gasteiger partial charge in [-0.05, 0) is 56.3 Å². The van der Waals surface area contributed by atoms with Crippen molar-refractivity contribution in [3.05, 3.63) is 70.9 Å². The first-order valence-corrected chi connectivity index (χ1v) is 15.6. The molecule has 1 aromatic heterocycles. The summed E-state index contributed by atoms with van der Waals surface area (Å²) in [6, 6.07) is 10.4. The molecule has 0 saturated heterocycles. The summed E-state index contributed by atoms with van der Waals surface area (Å²) >= 11 is 0. The molecule has 0 saturated carbocycles. The Morgan fingerprint density at radius 1 is 1.14 bits per heavy atom. The molecule has 238 valence electrons. The molecule has 0 aliphatic heterocycles. The minimum Gasteiger partial charge on any atom is -0.495 e. The number of nitrogens with one attached hydrogen (secondary N) is 3. The summed E-state index contributed by atoms with van der Waals surface area (Å²) in [6.45, 7) is 1.10. The zero-order valence-electron chi connectivity index (χ0n) is 25.1. The molecule has 11 nitrogen and oxygen atoms in total. The highest BCUT2D eigenvalue weighted by atomic mass is 32.2. The number of methoxy groups -OCH3 is 1. The molecule has 0 spiro atoms. The van der Waals surface area contributed by atoms with Gasteiger partial charge in [-0.15, -0.1) is 0 Å². The molecule has 0 radical (unpaired) electrons. The largest absolute Gasteiger partial charge is 0.495 e. The van der Waals surface area contributed by atoms with Crippen molar-refractivity contribution >= 4 is 33.4 Å². The molecule has 3 aromatic rings. The molecule has 2 atom stereocenters. The first-order chi connectivity index (χ1) is 20.7. The SMILES string of the molecule is COc1cc(C(=O)NCCN(C)C)ccc1Nc1ncc(C(F)(F)F)c(N[C@@H]2CCc3ccccc3[C@H]2N(C)S(C)(=O)=O)n1. The maximum atomic E-state index is 14.1. The number of sulfonamides is 1. The number of hydrogen-bond acceptors (Lipinski definition) is 9. The first-order valence-electron chi connectivity index (χ1n) is 13.8. The molecule has 1 aliphatic carbocycles. The van der Waals surface area contributed by atoms with Crippen LogP contribution in [0.25, 0.3) is 0 Å². The Labute approximate surface area is 254 Å². The van der Waals surface area contributed by atoms with Crippen LogP contribution in [-0.4, -0.2) is 87.1 Å². The smallest absolute Gasteiger partial charge is 0.421 e. The Bertz CT molecular complexity index is 1600. The maximum absolute atomic E-state index is 14.1. The predicted octanol–water partition coefficient (Wildman–Crippen LogP) is 3.90. The average molecular weight is 636 g/mol. The van der Waals surface area contributed by atoms with Crippen LogP contribution in [0.4, 0.5) is 30.6 Å². The summed E-state index contributed by atoms with van der Waals surface area (Å²) in [5, 5.41) is 8.59. The van der Waals surface area contributed by atoms with Crippen LogP contribution in [0, 0.1) is 0 Å². The van der Waals surface area contributed by atoms with Gasteiger partial charge in [0.05, 0.1) is 25.1 Å². The number of amides is 1. The number of aromatic nitrogens is 2. The number of hydrogen-bond donors (Lipinski definition) is 3. The van der Waals surface area contributed by atoms with E-state index < -0.39 is 39.7 Å². The van der Waals surface area contributed by atoms with Gasteiger partial charge < -0.3 is 25.6 Å². The van der Waals surface area contributed by atoms with Crippen molar-refractivity contribution in [3.63, 3.8) is 0 Å². The molecule has 0 bridgehead atoms. The van der Waals surface area contributed by atoms with Crippen LogP contribution in [0.15, 0.2) is 48.7 Å². The zero-order chi connectivity index (χ0) is 32.2. The van der Waals surface area contributed by atoms with Crippen molar-refractivity contribution < 1.29 is 31.1 Å². The summed E-state index contributed by atoms with van der Waals surface area (Å²) in [5.41, 5.74) is 1.19. The van der Waals surface area contributed by atoms with Crippen molar-refractivity contribution in [2.45, 2.75) is 31.1 Å². The normalized spacial score (nSPS) is 16.9. The van der Waals surface area contributed by atoms with Crippen molar-refractivity contribution in [2.24, 2.45) is 0 Å². The van der Waals surface area contributed by atoms with Crippen LogP contribution in [0.5, 0.6) is 5.75 Å². The standard InChI is InChI=1S/C29H36F3N7O4S/c1-38(2)15-14-33-27(40)19-11-12-22(24(16-19)43-4)36-28-34-17-21(29(30,31)32)26(37-28)35-23-13-10-18-8-6-7-9-20(18)25(23)39(3)44(5,41)42/h6-9,11-12,16-17,23,25H,10,13-15H2,1-5H3,(H,33,40)(H2,34,35,36,37)/t23-,25-/m1/s1. The number of halogens is 3. The van der Waals surface area contributed by atoms with Gasteiger partial charge in [-0.25, -0.2) is 13.4 Å². The number of benzene rings is 2.